The van der Waals surface area contributed by atoms with Crippen molar-refractivity contribution in [3.05, 3.63) is 0 Å². The molecule has 7 aliphatic carbocycles. The second-order valence-corrected chi connectivity index (χ2v) is 16.0. The van der Waals surface area contributed by atoms with Crippen LogP contribution in [-0.4, -0.2) is 0 Å². The second kappa shape index (κ2) is 10.9. The molecule has 0 unspecified atom stereocenters. The fraction of sp³-hybridized carbons (Fsp3) is 1.00. The summed E-state index contributed by atoms with van der Waals surface area (Å²) in [5.74, 6) is 4.12. The lowest BCUT2D eigenvalue weighted by Crippen LogP contribution is -2.37. The fourth-order valence-electron chi connectivity index (χ4n) is 8.13. The molecule has 7 rings (SSSR count). The van der Waals surface area contributed by atoms with Crippen LogP contribution in [0.3, 0.4) is 0 Å². The van der Waals surface area contributed by atoms with Gasteiger partial charge in [-0.2, -0.15) is 0 Å². The van der Waals surface area contributed by atoms with E-state index in [1.165, 1.54) is 109 Å². The van der Waals surface area contributed by atoms with Crippen molar-refractivity contribution in [1.82, 2.24) is 0 Å². The molecule has 0 heteroatoms. The zero-order valence-corrected chi connectivity index (χ0v) is 24.3. The van der Waals surface area contributed by atoms with E-state index in [1.807, 2.05) is 0 Å². The van der Waals surface area contributed by atoms with Crippen LogP contribution in [0, 0.1) is 45.3 Å². The van der Waals surface area contributed by atoms with Crippen molar-refractivity contribution in [2.75, 3.05) is 0 Å². The van der Waals surface area contributed by atoms with Crippen LogP contribution >= 0.6 is 0 Å². The molecule has 0 aromatic carbocycles. The first-order valence-electron chi connectivity index (χ1n) is 15.3. The lowest BCUT2D eigenvalue weighted by Gasteiger charge is -2.50. The van der Waals surface area contributed by atoms with Crippen molar-refractivity contribution in [3.63, 3.8) is 0 Å². The third-order valence-corrected chi connectivity index (χ3v) is 11.4. The summed E-state index contributed by atoms with van der Waals surface area (Å²) >= 11 is 0. The summed E-state index contributed by atoms with van der Waals surface area (Å²) in [6.07, 6.45) is 25.4. The molecule has 33 heavy (non-hydrogen) atoms. The van der Waals surface area contributed by atoms with Gasteiger partial charge >= 0.3 is 0 Å². The summed E-state index contributed by atoms with van der Waals surface area (Å²) in [5, 5.41) is 0. The van der Waals surface area contributed by atoms with Gasteiger partial charge in [-0.05, 0) is 129 Å². The standard InChI is InChI=1S/C10H18.C9H16.C8H16.C6H12/c1-9-3-6-10(2,7-4-9)8-5-9;1-8-3-5-9(2,7-8)6-4-8;1-7-3-5-8(2)6-4-7;1-5-3-6(2)4-5/h3-8H2,1-2H3;3-7H2,1-2H3;7-8H,3-6H2,1-2H3;5-6H,3-4H2,1-2H3. The molecule has 7 saturated carbocycles. The van der Waals surface area contributed by atoms with Gasteiger partial charge in [0.25, 0.3) is 0 Å². The van der Waals surface area contributed by atoms with Gasteiger partial charge in [-0.25, -0.2) is 0 Å². The predicted octanol–water partition coefficient (Wildman–Crippen LogP) is 11.2. The monoisotopic (exact) mass is 458 g/mol. The summed E-state index contributed by atoms with van der Waals surface area (Å²) < 4.78 is 0. The highest BCUT2D eigenvalue weighted by Crippen LogP contribution is 2.60. The minimum absolute atomic E-state index is 0.762. The molecule has 0 saturated heterocycles. The first-order chi connectivity index (χ1) is 15.3. The van der Waals surface area contributed by atoms with E-state index in [-0.39, 0.29) is 0 Å². The normalized spacial score (nSPS) is 49.5. The van der Waals surface area contributed by atoms with Gasteiger partial charge in [-0.3, -0.25) is 0 Å². The maximum Gasteiger partial charge on any atom is -0.0320 e. The van der Waals surface area contributed by atoms with Gasteiger partial charge in [-0.1, -0.05) is 81.1 Å². The van der Waals surface area contributed by atoms with Crippen LogP contribution in [0.25, 0.3) is 0 Å². The Morgan fingerprint density at radius 2 is 0.606 bits per heavy atom. The third kappa shape index (κ3) is 8.27. The molecule has 0 radical (unpaired) electrons. The van der Waals surface area contributed by atoms with Gasteiger partial charge in [-0.15, -0.1) is 0 Å². The Kier molecular flexibility index (Phi) is 9.15. The number of rotatable bonds is 0. The average molecular weight is 459 g/mol. The molecule has 0 nitrogen and oxygen atoms in total. The summed E-state index contributed by atoms with van der Waals surface area (Å²) in [6.45, 7) is 19.3. The summed E-state index contributed by atoms with van der Waals surface area (Å²) in [7, 11) is 0. The van der Waals surface area contributed by atoms with E-state index in [9.17, 15) is 0 Å². The Morgan fingerprint density at radius 3 is 0.758 bits per heavy atom. The van der Waals surface area contributed by atoms with Gasteiger partial charge in [0.2, 0.25) is 0 Å². The van der Waals surface area contributed by atoms with E-state index in [0.717, 1.165) is 45.3 Å². The Balaban J connectivity index is 0.000000126. The number of fused-ring (bicyclic) bond motifs is 5. The molecule has 0 amide bonds. The molecule has 4 bridgehead atoms. The molecule has 0 aromatic rings. The Labute approximate surface area is 209 Å². The van der Waals surface area contributed by atoms with Crippen molar-refractivity contribution >= 4 is 0 Å². The first-order valence-corrected chi connectivity index (χ1v) is 15.3. The van der Waals surface area contributed by atoms with E-state index in [1.54, 1.807) is 0 Å². The minimum atomic E-state index is 0.762. The van der Waals surface area contributed by atoms with Crippen LogP contribution in [0.4, 0.5) is 0 Å². The van der Waals surface area contributed by atoms with Gasteiger partial charge in [0, 0.05) is 0 Å². The van der Waals surface area contributed by atoms with Crippen LogP contribution in [0.5, 0.6) is 0 Å². The predicted molar refractivity (Wildman–Crippen MR) is 148 cm³/mol. The number of hydrogen-bond donors (Lipinski definition) is 0. The third-order valence-electron chi connectivity index (χ3n) is 11.4. The van der Waals surface area contributed by atoms with Crippen LogP contribution in [0.15, 0.2) is 0 Å². The molecular weight excluding hydrogens is 396 g/mol. The van der Waals surface area contributed by atoms with Crippen molar-refractivity contribution < 1.29 is 0 Å². The van der Waals surface area contributed by atoms with Crippen molar-refractivity contribution in [2.24, 2.45) is 45.3 Å². The Morgan fingerprint density at radius 1 is 0.364 bits per heavy atom. The van der Waals surface area contributed by atoms with E-state index in [0.29, 0.717) is 0 Å². The smallest absolute Gasteiger partial charge is 0.0320 e. The molecule has 0 heterocycles. The Hall–Kier alpha value is 0. The summed E-state index contributed by atoms with van der Waals surface area (Å²) in [6, 6.07) is 0. The van der Waals surface area contributed by atoms with Gasteiger partial charge in [0.1, 0.15) is 0 Å². The fourth-order valence-corrected chi connectivity index (χ4v) is 8.13. The van der Waals surface area contributed by atoms with Crippen molar-refractivity contribution in [1.29, 1.82) is 0 Å². The quantitative estimate of drug-likeness (QED) is 0.338. The highest BCUT2D eigenvalue weighted by atomic mass is 14.5. The molecule has 194 valence electrons. The van der Waals surface area contributed by atoms with E-state index < -0.39 is 0 Å². The minimum Gasteiger partial charge on any atom is -0.0625 e. The van der Waals surface area contributed by atoms with E-state index >= 15 is 0 Å². The molecule has 7 fully saturated rings. The highest BCUT2D eigenvalue weighted by molar-refractivity contribution is 4.99. The maximum atomic E-state index is 2.48. The number of hydrogen-bond acceptors (Lipinski definition) is 0. The van der Waals surface area contributed by atoms with E-state index in [4.69, 9.17) is 0 Å². The van der Waals surface area contributed by atoms with Crippen LogP contribution < -0.4 is 0 Å². The zero-order chi connectivity index (χ0) is 24.3. The lowest BCUT2D eigenvalue weighted by atomic mass is 9.55. The first kappa shape index (κ1) is 27.6. The molecule has 0 N–H and O–H groups in total. The highest BCUT2D eigenvalue weighted by Gasteiger charge is 2.48. The molecule has 7 aliphatic rings. The van der Waals surface area contributed by atoms with E-state index in [2.05, 4.69) is 55.4 Å². The summed E-state index contributed by atoms with van der Waals surface area (Å²) in [4.78, 5) is 0. The van der Waals surface area contributed by atoms with Crippen LogP contribution in [0.2, 0.25) is 0 Å². The topological polar surface area (TPSA) is 0 Å². The van der Waals surface area contributed by atoms with Crippen molar-refractivity contribution in [2.45, 2.75) is 165 Å². The molecular formula is C33H62. The lowest BCUT2D eigenvalue weighted by molar-refractivity contribution is 0.0164. The second-order valence-electron chi connectivity index (χ2n) is 16.0. The zero-order valence-electron chi connectivity index (χ0n) is 24.3. The molecule has 0 aliphatic heterocycles. The van der Waals surface area contributed by atoms with Gasteiger partial charge in [0.15, 0.2) is 0 Å². The van der Waals surface area contributed by atoms with Crippen LogP contribution in [-0.2, 0) is 0 Å². The molecule has 0 aromatic heterocycles. The van der Waals surface area contributed by atoms with Crippen molar-refractivity contribution in [3.8, 4) is 0 Å². The van der Waals surface area contributed by atoms with Gasteiger partial charge < -0.3 is 0 Å². The molecule has 0 atom stereocenters. The largest absolute Gasteiger partial charge is 0.0625 e. The SMILES string of the molecule is CC12CCC(C)(CC1)C2.CC12CCC(C)(CC1)CC2.CC1CC(C)C1.CC1CCC(C)CC1. The van der Waals surface area contributed by atoms with Crippen LogP contribution in [0.1, 0.15) is 165 Å². The average Bonchev–Trinajstić information content (AvgIpc) is 3.23. The Bertz CT molecular complexity index is 503. The maximum absolute atomic E-state index is 2.48. The van der Waals surface area contributed by atoms with Gasteiger partial charge in [0.05, 0.1) is 0 Å². The summed E-state index contributed by atoms with van der Waals surface area (Å²) in [5.41, 5.74) is 3.07. The molecule has 0 spiro atoms.